The van der Waals surface area contributed by atoms with E-state index >= 15 is 0 Å². The lowest BCUT2D eigenvalue weighted by Crippen LogP contribution is -2.29. The average Bonchev–Trinajstić information content (AvgIpc) is 3.45. The Labute approximate surface area is 217 Å². The Morgan fingerprint density at radius 3 is 2.24 bits per heavy atom. The number of amides is 1. The number of fused-ring (bicyclic) bond motifs is 1. The summed E-state index contributed by atoms with van der Waals surface area (Å²) < 4.78 is 17.4. The van der Waals surface area contributed by atoms with E-state index in [1.165, 1.54) is 37.6 Å². The van der Waals surface area contributed by atoms with Crippen molar-refractivity contribution >= 4 is 44.1 Å². The van der Waals surface area contributed by atoms with E-state index in [-0.39, 0.29) is 11.3 Å². The van der Waals surface area contributed by atoms with Gasteiger partial charge in [-0.05, 0) is 42.3 Å². The van der Waals surface area contributed by atoms with Crippen molar-refractivity contribution < 1.29 is 28.9 Å². The lowest BCUT2D eigenvalue weighted by molar-refractivity contribution is -0.132. The molecule has 1 amide bonds. The van der Waals surface area contributed by atoms with E-state index in [1.54, 1.807) is 42.5 Å². The molecule has 0 radical (unpaired) electrons. The monoisotopic (exact) mass is 516 g/mol. The number of thiazole rings is 1. The molecule has 1 aliphatic rings. The number of hydrogen-bond acceptors (Lipinski definition) is 8. The number of methoxy groups -OCH3 is 3. The van der Waals surface area contributed by atoms with Gasteiger partial charge in [-0.15, -0.1) is 0 Å². The van der Waals surface area contributed by atoms with Gasteiger partial charge in [0.25, 0.3) is 5.78 Å². The standard InChI is InChI=1S/C28H24N2O6S/c1-15-10-11-18-21(12-15)37-28(29-18)30-23(17-13-19(34-2)26(36-4)20(14-17)35-3)22(25(32)27(30)33)24(31)16-8-6-5-7-9-16/h5-14,23,31H,1-4H3/b24-22+/t23-/m1/s1. The Balaban J connectivity index is 1.79. The Morgan fingerprint density at radius 2 is 1.62 bits per heavy atom. The summed E-state index contributed by atoms with van der Waals surface area (Å²) in [5.74, 6) is -0.812. The third kappa shape index (κ3) is 4.07. The first-order chi connectivity index (χ1) is 17.9. The number of aliphatic hydroxyl groups is 1. The number of aromatic nitrogens is 1. The van der Waals surface area contributed by atoms with Gasteiger partial charge in [0.15, 0.2) is 16.6 Å². The molecule has 0 unspecified atom stereocenters. The van der Waals surface area contributed by atoms with Crippen molar-refractivity contribution in [1.29, 1.82) is 0 Å². The van der Waals surface area contributed by atoms with E-state index in [0.717, 1.165) is 10.3 Å². The van der Waals surface area contributed by atoms with Crippen LogP contribution in [-0.2, 0) is 9.59 Å². The normalized spacial score (nSPS) is 16.9. The van der Waals surface area contributed by atoms with Crippen molar-refractivity contribution in [3.8, 4) is 17.2 Å². The molecule has 3 aromatic carbocycles. The zero-order chi connectivity index (χ0) is 26.3. The molecule has 37 heavy (non-hydrogen) atoms. The summed E-state index contributed by atoms with van der Waals surface area (Å²) >= 11 is 1.30. The van der Waals surface area contributed by atoms with E-state index in [9.17, 15) is 14.7 Å². The Bertz CT molecular complexity index is 1530. The Morgan fingerprint density at radius 1 is 0.946 bits per heavy atom. The molecule has 0 bridgehead atoms. The van der Waals surface area contributed by atoms with E-state index < -0.39 is 17.7 Å². The maximum atomic E-state index is 13.5. The van der Waals surface area contributed by atoms with Crippen molar-refractivity contribution in [3.63, 3.8) is 0 Å². The number of aryl methyl sites for hydroxylation is 1. The number of ketones is 1. The van der Waals surface area contributed by atoms with Crippen LogP contribution in [0.5, 0.6) is 17.2 Å². The Kier molecular flexibility index (Phi) is 6.31. The summed E-state index contributed by atoms with van der Waals surface area (Å²) in [5.41, 5.74) is 2.61. The summed E-state index contributed by atoms with van der Waals surface area (Å²) in [6, 6.07) is 16.8. The van der Waals surface area contributed by atoms with Gasteiger partial charge >= 0.3 is 5.91 Å². The zero-order valence-corrected chi connectivity index (χ0v) is 21.5. The average molecular weight is 517 g/mol. The third-order valence-electron chi connectivity index (χ3n) is 6.23. The minimum absolute atomic E-state index is 0.0547. The quantitative estimate of drug-likeness (QED) is 0.212. The predicted molar refractivity (Wildman–Crippen MR) is 142 cm³/mol. The number of hydrogen-bond donors (Lipinski definition) is 1. The van der Waals surface area contributed by atoms with Crippen LogP contribution < -0.4 is 19.1 Å². The van der Waals surface area contributed by atoms with Gasteiger partial charge in [0.05, 0.1) is 43.2 Å². The van der Waals surface area contributed by atoms with Crippen molar-refractivity contribution in [3.05, 3.63) is 82.9 Å². The number of Topliss-reactive ketones (excluding diaryl/α,β-unsaturated/α-hetero) is 1. The van der Waals surface area contributed by atoms with Crippen molar-refractivity contribution in [2.45, 2.75) is 13.0 Å². The highest BCUT2D eigenvalue weighted by atomic mass is 32.1. The summed E-state index contributed by atoms with van der Waals surface area (Å²) in [7, 11) is 4.46. The van der Waals surface area contributed by atoms with E-state index in [4.69, 9.17) is 14.2 Å². The van der Waals surface area contributed by atoms with Gasteiger partial charge in [-0.1, -0.05) is 47.7 Å². The second-order valence-electron chi connectivity index (χ2n) is 8.46. The maximum Gasteiger partial charge on any atom is 0.301 e. The first-order valence-corrected chi connectivity index (χ1v) is 12.2. The fourth-order valence-electron chi connectivity index (χ4n) is 4.48. The molecule has 4 aromatic rings. The van der Waals surface area contributed by atoms with Crippen LogP contribution >= 0.6 is 11.3 Å². The van der Waals surface area contributed by atoms with Gasteiger partial charge in [0.2, 0.25) is 5.75 Å². The lowest BCUT2D eigenvalue weighted by atomic mass is 9.95. The first-order valence-electron chi connectivity index (χ1n) is 11.4. The van der Waals surface area contributed by atoms with Crippen LogP contribution in [-0.4, -0.2) is 43.1 Å². The van der Waals surface area contributed by atoms with Crippen LogP contribution in [0.4, 0.5) is 5.13 Å². The number of rotatable bonds is 6. The largest absolute Gasteiger partial charge is 0.507 e. The summed E-state index contributed by atoms with van der Waals surface area (Å²) in [6.45, 7) is 1.97. The van der Waals surface area contributed by atoms with Crippen molar-refractivity contribution in [1.82, 2.24) is 4.98 Å². The van der Waals surface area contributed by atoms with Crippen molar-refractivity contribution in [2.75, 3.05) is 26.2 Å². The van der Waals surface area contributed by atoms with Gasteiger partial charge in [0.1, 0.15) is 5.76 Å². The molecule has 1 atom stereocenters. The molecule has 0 aliphatic carbocycles. The molecule has 2 heterocycles. The number of aliphatic hydroxyl groups excluding tert-OH is 1. The molecule has 0 saturated carbocycles. The topological polar surface area (TPSA) is 98.2 Å². The molecule has 1 aliphatic heterocycles. The number of carbonyl (C=O) groups is 2. The third-order valence-corrected chi connectivity index (χ3v) is 7.25. The molecule has 1 fully saturated rings. The van der Waals surface area contributed by atoms with E-state index in [0.29, 0.717) is 39.0 Å². The smallest absolute Gasteiger partial charge is 0.301 e. The minimum atomic E-state index is -0.990. The van der Waals surface area contributed by atoms with Crippen LogP contribution in [0.15, 0.2) is 66.2 Å². The number of benzene rings is 3. The molecule has 1 N–H and O–H groups in total. The molecular weight excluding hydrogens is 492 g/mol. The predicted octanol–water partition coefficient (Wildman–Crippen LogP) is 5.26. The summed E-state index contributed by atoms with van der Waals surface area (Å²) in [6.07, 6.45) is 0. The van der Waals surface area contributed by atoms with E-state index in [2.05, 4.69) is 4.98 Å². The van der Waals surface area contributed by atoms with E-state index in [1.807, 2.05) is 25.1 Å². The van der Waals surface area contributed by atoms with Crippen LogP contribution in [0.25, 0.3) is 16.0 Å². The molecule has 9 heteroatoms. The first kappa shape index (κ1) is 24.3. The van der Waals surface area contributed by atoms with Gasteiger partial charge in [0, 0.05) is 5.56 Å². The van der Waals surface area contributed by atoms with Gasteiger partial charge in [-0.25, -0.2) is 4.98 Å². The van der Waals surface area contributed by atoms with Crippen molar-refractivity contribution in [2.24, 2.45) is 0 Å². The summed E-state index contributed by atoms with van der Waals surface area (Å²) in [4.78, 5) is 33.0. The summed E-state index contributed by atoms with van der Waals surface area (Å²) in [5, 5.41) is 11.7. The Hall–Kier alpha value is -4.37. The van der Waals surface area contributed by atoms with Gasteiger partial charge < -0.3 is 19.3 Å². The zero-order valence-electron chi connectivity index (χ0n) is 20.6. The van der Waals surface area contributed by atoms with Crippen LogP contribution in [0.2, 0.25) is 0 Å². The van der Waals surface area contributed by atoms with Gasteiger partial charge in [-0.2, -0.15) is 0 Å². The van der Waals surface area contributed by atoms with Crippen LogP contribution in [0.1, 0.15) is 22.7 Å². The van der Waals surface area contributed by atoms with Crippen LogP contribution in [0, 0.1) is 6.92 Å². The molecule has 1 aromatic heterocycles. The second kappa shape index (κ2) is 9.59. The molecule has 0 spiro atoms. The number of carbonyl (C=O) groups excluding carboxylic acids is 2. The minimum Gasteiger partial charge on any atom is -0.507 e. The molecule has 5 rings (SSSR count). The van der Waals surface area contributed by atoms with Crippen LogP contribution in [0.3, 0.4) is 0 Å². The highest BCUT2D eigenvalue weighted by Crippen LogP contribution is 2.48. The highest BCUT2D eigenvalue weighted by molar-refractivity contribution is 7.22. The molecule has 8 nitrogen and oxygen atoms in total. The fourth-order valence-corrected chi connectivity index (χ4v) is 5.57. The number of nitrogens with zero attached hydrogens (tertiary/aromatic N) is 2. The highest BCUT2D eigenvalue weighted by Gasteiger charge is 2.48. The lowest BCUT2D eigenvalue weighted by Gasteiger charge is -2.24. The SMILES string of the molecule is COc1cc([C@@H]2/C(=C(\O)c3ccccc3)C(=O)C(=O)N2c2nc3ccc(C)cc3s2)cc(OC)c1OC. The molecule has 188 valence electrons. The molecular formula is C28H24N2O6S. The number of anilines is 1. The fraction of sp³-hybridized carbons (Fsp3) is 0.179. The maximum absolute atomic E-state index is 13.5. The second-order valence-corrected chi connectivity index (χ2v) is 9.47. The van der Waals surface area contributed by atoms with Gasteiger partial charge in [-0.3, -0.25) is 14.5 Å². The number of ether oxygens (including phenoxy) is 3. The molecule has 1 saturated heterocycles.